The second kappa shape index (κ2) is 7.68. The Balaban J connectivity index is 1.49. The number of aryl methyl sites for hydroxylation is 1. The minimum atomic E-state index is -0.702. The highest BCUT2D eigenvalue weighted by atomic mass is 35.5. The maximum absolute atomic E-state index is 12.3. The number of aromatic amines is 1. The van der Waals surface area contributed by atoms with Crippen LogP contribution in [0.5, 0.6) is 5.75 Å². The summed E-state index contributed by atoms with van der Waals surface area (Å²) in [6, 6.07) is 7.05. The van der Waals surface area contributed by atoms with E-state index in [9.17, 15) is 9.90 Å². The second-order valence-corrected chi connectivity index (χ2v) is 6.35. The van der Waals surface area contributed by atoms with E-state index in [-0.39, 0.29) is 12.0 Å². The van der Waals surface area contributed by atoms with Crippen molar-refractivity contribution in [3.63, 3.8) is 0 Å². The van der Waals surface area contributed by atoms with Gasteiger partial charge >= 0.3 is 0 Å². The third kappa shape index (κ3) is 4.27. The van der Waals surface area contributed by atoms with Crippen LogP contribution in [0.1, 0.15) is 18.4 Å². The number of ether oxygens (including phenoxy) is 1. The molecule has 2 N–H and O–H groups in total. The Hall–Kier alpha value is -2.05. The van der Waals surface area contributed by atoms with Gasteiger partial charge in [-0.15, -0.1) is 0 Å². The zero-order chi connectivity index (χ0) is 16.9. The Morgan fingerprint density at radius 3 is 2.88 bits per heavy atom. The van der Waals surface area contributed by atoms with Crippen LogP contribution in [0.15, 0.2) is 36.7 Å². The minimum absolute atomic E-state index is 0.0418. The Morgan fingerprint density at radius 1 is 1.42 bits per heavy atom. The fourth-order valence-electron chi connectivity index (χ4n) is 2.79. The van der Waals surface area contributed by atoms with Crippen LogP contribution in [-0.2, 0) is 11.2 Å². The lowest BCUT2D eigenvalue weighted by atomic mass is 10.0. The summed E-state index contributed by atoms with van der Waals surface area (Å²) in [5, 5.41) is 17.5. The van der Waals surface area contributed by atoms with Gasteiger partial charge in [-0.1, -0.05) is 11.6 Å². The van der Waals surface area contributed by atoms with Crippen LogP contribution < -0.4 is 4.74 Å². The first kappa shape index (κ1) is 16.8. The Bertz CT molecular complexity index is 660. The van der Waals surface area contributed by atoms with Crippen molar-refractivity contribution in [3.05, 3.63) is 47.2 Å². The molecule has 1 amide bonds. The molecule has 2 aromatic rings. The number of nitrogens with zero attached hydrogens (tertiary/aromatic N) is 2. The van der Waals surface area contributed by atoms with Crippen LogP contribution in [0.4, 0.5) is 0 Å². The van der Waals surface area contributed by atoms with Gasteiger partial charge in [-0.3, -0.25) is 9.89 Å². The molecule has 3 rings (SSSR count). The molecule has 0 unspecified atom stereocenters. The van der Waals surface area contributed by atoms with Gasteiger partial charge in [0, 0.05) is 30.6 Å². The van der Waals surface area contributed by atoms with E-state index in [0.29, 0.717) is 43.1 Å². The summed E-state index contributed by atoms with van der Waals surface area (Å²) < 4.78 is 5.81. The molecule has 7 heteroatoms. The summed E-state index contributed by atoms with van der Waals surface area (Å²) in [7, 11) is 0. The van der Waals surface area contributed by atoms with Crippen LogP contribution >= 0.6 is 11.6 Å². The average molecular weight is 350 g/mol. The largest absolute Gasteiger partial charge is 0.488 e. The van der Waals surface area contributed by atoms with Crippen molar-refractivity contribution >= 4 is 17.5 Å². The molecule has 128 valence electrons. The van der Waals surface area contributed by atoms with Gasteiger partial charge in [0.25, 0.3) is 0 Å². The van der Waals surface area contributed by atoms with Gasteiger partial charge in [-0.2, -0.15) is 5.10 Å². The molecule has 1 aliphatic heterocycles. The molecule has 1 saturated heterocycles. The zero-order valence-electron chi connectivity index (χ0n) is 13.2. The second-order valence-electron chi connectivity index (χ2n) is 5.91. The van der Waals surface area contributed by atoms with Crippen molar-refractivity contribution < 1.29 is 14.6 Å². The number of carbonyl (C=O) groups excluding carboxylic acids is 1. The molecule has 0 saturated carbocycles. The molecular formula is C17H20ClN3O3. The summed E-state index contributed by atoms with van der Waals surface area (Å²) in [6.45, 7) is 0.877. The Labute approximate surface area is 145 Å². The third-order valence-corrected chi connectivity index (χ3v) is 4.41. The predicted octanol–water partition coefficient (Wildman–Crippen LogP) is 2.04. The number of piperidine rings is 1. The van der Waals surface area contributed by atoms with Crippen LogP contribution in [-0.4, -0.2) is 51.4 Å². The molecule has 1 fully saturated rings. The fourth-order valence-corrected chi connectivity index (χ4v) is 2.91. The molecule has 0 radical (unpaired) electrons. The number of rotatable bonds is 5. The number of H-pyrrole nitrogens is 1. The number of aliphatic hydroxyl groups excluding tert-OH is 1. The average Bonchev–Trinajstić information content (AvgIpc) is 3.10. The van der Waals surface area contributed by atoms with E-state index in [0.717, 1.165) is 5.56 Å². The zero-order valence-corrected chi connectivity index (χ0v) is 13.9. The first-order chi connectivity index (χ1) is 11.6. The fraction of sp³-hybridized carbons (Fsp3) is 0.412. The molecule has 1 aromatic heterocycles. The quantitative estimate of drug-likeness (QED) is 0.865. The van der Waals surface area contributed by atoms with E-state index in [2.05, 4.69) is 10.2 Å². The molecule has 6 nitrogen and oxygen atoms in total. The van der Waals surface area contributed by atoms with Crippen LogP contribution in [0.25, 0.3) is 0 Å². The maximum Gasteiger partial charge on any atom is 0.222 e. The third-order valence-electron chi connectivity index (χ3n) is 4.16. The predicted molar refractivity (Wildman–Crippen MR) is 90.0 cm³/mol. The highest BCUT2D eigenvalue weighted by Gasteiger charge is 2.31. The first-order valence-corrected chi connectivity index (χ1v) is 8.35. The Kier molecular flexibility index (Phi) is 5.37. The monoisotopic (exact) mass is 349 g/mol. The van der Waals surface area contributed by atoms with Crippen molar-refractivity contribution in [3.8, 4) is 5.75 Å². The van der Waals surface area contributed by atoms with Crippen molar-refractivity contribution in [1.82, 2.24) is 15.1 Å². The number of halogens is 1. The smallest absolute Gasteiger partial charge is 0.222 e. The number of likely N-dealkylation sites (tertiary alicyclic amines) is 1. The Morgan fingerprint density at radius 2 is 2.21 bits per heavy atom. The van der Waals surface area contributed by atoms with Crippen molar-refractivity contribution in [2.24, 2.45) is 0 Å². The normalized spacial score (nSPS) is 20.8. The molecule has 0 bridgehead atoms. The van der Waals surface area contributed by atoms with E-state index in [1.807, 2.05) is 0 Å². The van der Waals surface area contributed by atoms with Crippen molar-refractivity contribution in [2.45, 2.75) is 31.5 Å². The lowest BCUT2D eigenvalue weighted by Gasteiger charge is -2.36. The van der Waals surface area contributed by atoms with Gasteiger partial charge in [0.1, 0.15) is 18.0 Å². The summed E-state index contributed by atoms with van der Waals surface area (Å²) in [6.07, 6.45) is 4.14. The van der Waals surface area contributed by atoms with Gasteiger partial charge in [0.15, 0.2) is 0 Å². The van der Waals surface area contributed by atoms with E-state index in [1.165, 1.54) is 0 Å². The number of hydrogen-bond donors (Lipinski definition) is 2. The first-order valence-electron chi connectivity index (χ1n) is 7.97. The molecule has 2 heterocycles. The lowest BCUT2D eigenvalue weighted by Crippen LogP contribution is -2.51. The number of aromatic nitrogens is 2. The number of hydrogen-bond acceptors (Lipinski definition) is 4. The standard InChI is InChI=1S/C17H20ClN3O3/c18-13-2-4-14(5-3-13)24-16-7-8-21(11-15(16)22)17(23)6-1-12-9-19-20-10-12/h2-5,9-10,15-16,22H,1,6-8,11H2,(H,19,20)/t15-,16-/m1/s1. The number of amides is 1. The van der Waals surface area contributed by atoms with Gasteiger partial charge in [-0.25, -0.2) is 0 Å². The molecule has 1 aliphatic rings. The molecule has 0 aliphatic carbocycles. The van der Waals surface area contributed by atoms with Crippen LogP contribution in [0, 0.1) is 0 Å². The van der Waals surface area contributed by atoms with Gasteiger partial charge in [0.2, 0.25) is 5.91 Å². The molecular weight excluding hydrogens is 330 g/mol. The SMILES string of the molecule is O=C(CCc1cn[nH]c1)N1CC[C@@H](Oc2ccc(Cl)cc2)[C@H](O)C1. The number of benzene rings is 1. The number of carbonyl (C=O) groups is 1. The summed E-state index contributed by atoms with van der Waals surface area (Å²) in [4.78, 5) is 14.0. The summed E-state index contributed by atoms with van der Waals surface area (Å²) in [5.41, 5.74) is 1.00. The summed E-state index contributed by atoms with van der Waals surface area (Å²) in [5.74, 6) is 0.711. The molecule has 0 spiro atoms. The van der Waals surface area contributed by atoms with Gasteiger partial charge in [-0.05, 0) is 36.2 Å². The van der Waals surface area contributed by atoms with Crippen molar-refractivity contribution in [1.29, 1.82) is 0 Å². The number of nitrogens with one attached hydrogen (secondary N) is 1. The maximum atomic E-state index is 12.3. The minimum Gasteiger partial charge on any atom is -0.488 e. The van der Waals surface area contributed by atoms with E-state index in [4.69, 9.17) is 16.3 Å². The topological polar surface area (TPSA) is 78.5 Å². The van der Waals surface area contributed by atoms with Gasteiger partial charge in [0.05, 0.1) is 12.7 Å². The van der Waals surface area contributed by atoms with E-state index in [1.54, 1.807) is 41.6 Å². The molecule has 24 heavy (non-hydrogen) atoms. The molecule has 2 atom stereocenters. The molecule has 1 aromatic carbocycles. The number of aliphatic hydroxyl groups is 1. The van der Waals surface area contributed by atoms with Crippen molar-refractivity contribution in [2.75, 3.05) is 13.1 Å². The van der Waals surface area contributed by atoms with E-state index >= 15 is 0 Å². The highest BCUT2D eigenvalue weighted by molar-refractivity contribution is 6.30. The highest BCUT2D eigenvalue weighted by Crippen LogP contribution is 2.22. The van der Waals surface area contributed by atoms with Gasteiger partial charge < -0.3 is 14.7 Å². The van der Waals surface area contributed by atoms with Crippen LogP contribution in [0.3, 0.4) is 0 Å². The van der Waals surface area contributed by atoms with E-state index < -0.39 is 6.10 Å². The summed E-state index contributed by atoms with van der Waals surface area (Å²) >= 11 is 5.85. The number of β-amino-alcohol motifs (C(OH)–C–C–N with tert-alkyl or cyclic N) is 1. The van der Waals surface area contributed by atoms with Crippen LogP contribution in [0.2, 0.25) is 5.02 Å². The lowest BCUT2D eigenvalue weighted by molar-refractivity contribution is -0.137.